The van der Waals surface area contributed by atoms with E-state index < -0.39 is 5.60 Å². The van der Waals surface area contributed by atoms with Crippen molar-refractivity contribution in [1.29, 1.82) is 0 Å². The molecular formula is C36H48N4O4. The van der Waals surface area contributed by atoms with Crippen LogP contribution in [0.25, 0.3) is 32.9 Å². The molecule has 0 aliphatic carbocycles. The van der Waals surface area contributed by atoms with Crippen LogP contribution in [0.15, 0.2) is 55.0 Å². The zero-order valence-electron chi connectivity index (χ0n) is 26.9. The molecule has 0 spiro atoms. The maximum atomic E-state index is 12.0. The molecule has 0 radical (unpaired) electrons. The van der Waals surface area contributed by atoms with Gasteiger partial charge in [0.25, 0.3) is 0 Å². The molecule has 1 fully saturated rings. The van der Waals surface area contributed by atoms with Crippen molar-refractivity contribution in [3.8, 4) is 17.0 Å². The molecule has 4 aromatic rings. The van der Waals surface area contributed by atoms with Crippen LogP contribution in [0.5, 0.6) is 5.88 Å². The Bertz CT molecular complexity index is 1500. The van der Waals surface area contributed by atoms with E-state index in [1.165, 1.54) is 47.5 Å². The fourth-order valence-corrected chi connectivity index (χ4v) is 5.85. The summed E-state index contributed by atoms with van der Waals surface area (Å²) in [6.07, 6.45) is 14.6. The van der Waals surface area contributed by atoms with Gasteiger partial charge in [-0.15, -0.1) is 0 Å². The number of aryl methyl sites for hydroxylation is 1. The molecule has 0 atom stereocenters. The Morgan fingerprint density at radius 2 is 1.57 bits per heavy atom. The van der Waals surface area contributed by atoms with Gasteiger partial charge in [-0.05, 0) is 82.6 Å². The molecule has 0 saturated carbocycles. The number of likely N-dealkylation sites (tertiary alicyclic amines) is 1. The zero-order chi connectivity index (χ0) is 30.9. The van der Waals surface area contributed by atoms with Crippen LogP contribution >= 0.6 is 0 Å². The Kier molecular flexibility index (Phi) is 10.7. The molecule has 5 rings (SSSR count). The number of benzene rings is 1. The fourth-order valence-electron chi connectivity index (χ4n) is 5.85. The Morgan fingerprint density at radius 1 is 0.841 bits per heavy atom. The summed E-state index contributed by atoms with van der Waals surface area (Å²) >= 11 is 0. The van der Waals surface area contributed by atoms with E-state index in [1.54, 1.807) is 0 Å². The smallest absolute Gasteiger partial charge is 0.410 e. The Morgan fingerprint density at radius 3 is 2.32 bits per heavy atom. The summed E-state index contributed by atoms with van der Waals surface area (Å²) in [6.45, 7) is 9.73. The number of fused-ring (bicyclic) bond motifs is 3. The lowest BCUT2D eigenvalue weighted by atomic mass is 9.94. The molecule has 0 unspecified atom stereocenters. The summed E-state index contributed by atoms with van der Waals surface area (Å²) in [5.74, 6) is 1.30. The van der Waals surface area contributed by atoms with E-state index in [0.29, 0.717) is 18.4 Å². The molecule has 8 heteroatoms. The van der Waals surface area contributed by atoms with Crippen molar-refractivity contribution in [3.05, 3.63) is 55.0 Å². The van der Waals surface area contributed by atoms with Crippen LogP contribution in [-0.4, -0.2) is 64.0 Å². The van der Waals surface area contributed by atoms with Gasteiger partial charge >= 0.3 is 6.09 Å². The average Bonchev–Trinajstić information content (AvgIpc) is 3.27. The number of ether oxygens (including phenoxy) is 3. The number of carbonyl (C=O) groups is 1. The number of carbonyl (C=O) groups excluding carboxylic acids is 1. The second-order valence-electron chi connectivity index (χ2n) is 13.0. The van der Waals surface area contributed by atoms with Gasteiger partial charge in [0.1, 0.15) is 5.60 Å². The molecule has 1 aliphatic rings. The number of pyridine rings is 2. The van der Waals surface area contributed by atoms with Gasteiger partial charge in [-0.1, -0.05) is 31.4 Å². The van der Waals surface area contributed by atoms with Crippen molar-refractivity contribution in [2.45, 2.75) is 77.7 Å². The third-order valence-electron chi connectivity index (χ3n) is 8.32. The maximum Gasteiger partial charge on any atom is 0.410 e. The highest BCUT2D eigenvalue weighted by molar-refractivity contribution is 6.08. The Labute approximate surface area is 261 Å². The van der Waals surface area contributed by atoms with Crippen LogP contribution in [-0.2, 0) is 16.5 Å². The molecule has 1 aliphatic heterocycles. The first-order valence-corrected chi connectivity index (χ1v) is 16.3. The zero-order valence-corrected chi connectivity index (χ0v) is 26.9. The first kappa shape index (κ1) is 31.8. The molecule has 236 valence electrons. The van der Waals surface area contributed by atoms with Gasteiger partial charge in [-0.2, -0.15) is 0 Å². The van der Waals surface area contributed by atoms with E-state index in [-0.39, 0.29) is 6.09 Å². The van der Waals surface area contributed by atoms with Gasteiger partial charge < -0.3 is 23.7 Å². The monoisotopic (exact) mass is 600 g/mol. The second-order valence-corrected chi connectivity index (χ2v) is 13.0. The highest BCUT2D eigenvalue weighted by Crippen LogP contribution is 2.31. The van der Waals surface area contributed by atoms with Crippen molar-refractivity contribution in [3.63, 3.8) is 0 Å². The number of hydrogen-bond acceptors (Lipinski definition) is 6. The lowest BCUT2D eigenvalue weighted by Crippen LogP contribution is -2.51. The van der Waals surface area contributed by atoms with Crippen LogP contribution in [0.2, 0.25) is 0 Å². The van der Waals surface area contributed by atoms with Crippen LogP contribution in [0, 0.1) is 5.92 Å². The second kappa shape index (κ2) is 14.9. The highest BCUT2D eigenvalue weighted by Gasteiger charge is 2.33. The normalized spacial score (nSPS) is 13.9. The fraction of sp³-hybridized carbons (Fsp3) is 0.528. The first-order chi connectivity index (χ1) is 21.3. The van der Waals surface area contributed by atoms with E-state index >= 15 is 0 Å². The molecule has 4 heterocycles. The average molecular weight is 601 g/mol. The third-order valence-corrected chi connectivity index (χ3v) is 8.32. The minimum Gasteiger partial charge on any atom is -0.478 e. The molecule has 1 aromatic carbocycles. The summed E-state index contributed by atoms with van der Waals surface area (Å²) in [7, 11) is 2.10. The molecule has 8 nitrogen and oxygen atoms in total. The molecule has 1 saturated heterocycles. The van der Waals surface area contributed by atoms with Crippen LogP contribution in [0.3, 0.4) is 0 Å². The molecule has 1 amide bonds. The highest BCUT2D eigenvalue weighted by atomic mass is 16.6. The van der Waals surface area contributed by atoms with Crippen molar-refractivity contribution in [1.82, 2.24) is 19.4 Å². The third kappa shape index (κ3) is 8.50. The van der Waals surface area contributed by atoms with Crippen molar-refractivity contribution in [2.24, 2.45) is 13.0 Å². The van der Waals surface area contributed by atoms with Gasteiger partial charge in [0.05, 0.1) is 12.1 Å². The van der Waals surface area contributed by atoms with Gasteiger partial charge in [0.2, 0.25) is 5.88 Å². The molecule has 44 heavy (non-hydrogen) atoms. The Hall–Kier alpha value is -3.65. The maximum absolute atomic E-state index is 12.0. The minimum atomic E-state index is -0.416. The van der Waals surface area contributed by atoms with Crippen LogP contribution in [0.4, 0.5) is 4.79 Å². The van der Waals surface area contributed by atoms with Gasteiger partial charge in [-0.25, -0.2) is 9.78 Å². The van der Waals surface area contributed by atoms with Gasteiger partial charge in [0, 0.05) is 79.9 Å². The van der Waals surface area contributed by atoms with Gasteiger partial charge in [0.15, 0.2) is 0 Å². The summed E-state index contributed by atoms with van der Waals surface area (Å²) in [5.41, 5.74) is 4.16. The molecule has 3 aromatic heterocycles. The molecule has 0 bridgehead atoms. The number of aromatic nitrogens is 3. The van der Waals surface area contributed by atoms with Crippen molar-refractivity contribution < 1.29 is 19.0 Å². The molecule has 0 N–H and O–H groups in total. The summed E-state index contributed by atoms with van der Waals surface area (Å²) in [6, 6.07) is 12.6. The van der Waals surface area contributed by atoms with E-state index in [4.69, 9.17) is 14.2 Å². The number of unbranched alkanes of at least 4 members (excludes halogenated alkanes) is 5. The van der Waals surface area contributed by atoms with E-state index in [1.807, 2.05) is 50.3 Å². The number of amides is 1. The summed E-state index contributed by atoms with van der Waals surface area (Å²) < 4.78 is 19.4. The van der Waals surface area contributed by atoms with Crippen molar-refractivity contribution in [2.75, 3.05) is 32.9 Å². The largest absolute Gasteiger partial charge is 0.478 e. The lowest BCUT2D eigenvalue weighted by molar-refractivity contribution is -0.00245. The number of rotatable bonds is 15. The number of hydrogen-bond donors (Lipinski definition) is 0. The summed E-state index contributed by atoms with van der Waals surface area (Å²) in [5, 5.41) is 2.39. The predicted octanol–water partition coefficient (Wildman–Crippen LogP) is 8.17. The lowest BCUT2D eigenvalue weighted by Gasteiger charge is -2.39. The van der Waals surface area contributed by atoms with E-state index in [0.717, 1.165) is 63.1 Å². The first-order valence-electron chi connectivity index (χ1n) is 16.3. The van der Waals surface area contributed by atoms with Crippen molar-refractivity contribution >= 4 is 27.9 Å². The topological polar surface area (TPSA) is 78.7 Å². The Balaban J connectivity index is 0.874. The summed E-state index contributed by atoms with van der Waals surface area (Å²) in [4.78, 5) is 22.7. The van der Waals surface area contributed by atoms with Crippen LogP contribution < -0.4 is 4.74 Å². The number of nitrogens with zero attached hydrogens (tertiary/aromatic N) is 4. The molecular weight excluding hydrogens is 552 g/mol. The quantitative estimate of drug-likeness (QED) is 0.128. The SMILES string of the molecule is Cn1c2ccncc2c2ccc(-c3ccc(OCCCCCOCCCCCCC4CN(C(=O)OC(C)(C)C)C4)nc3)cc21. The van der Waals surface area contributed by atoms with Gasteiger partial charge in [-0.3, -0.25) is 4.98 Å². The minimum absolute atomic E-state index is 0.175. The predicted molar refractivity (Wildman–Crippen MR) is 176 cm³/mol. The van der Waals surface area contributed by atoms with E-state index in [9.17, 15) is 4.79 Å². The van der Waals surface area contributed by atoms with E-state index in [2.05, 4.69) is 51.9 Å². The standard InChI is InChI=1S/C36H48N4O4/c1-36(2,3)44-35(41)40-25-27(26-40)12-8-5-6-9-19-42-20-10-7-11-21-43-34-16-14-29(23-38-34)28-13-15-30-31-24-37-18-17-32(31)39(4)33(30)22-28/h13-18,22-24,27H,5-12,19-21,25-26H2,1-4H3. The van der Waals surface area contributed by atoms with Crippen LogP contribution in [0.1, 0.15) is 72.1 Å².